The quantitative estimate of drug-likeness (QED) is 0.642. The topological polar surface area (TPSA) is 70.2 Å². The van der Waals surface area contributed by atoms with E-state index in [0.717, 1.165) is 49.5 Å². The molecule has 2 N–H and O–H groups in total. The molecule has 9 heteroatoms. The van der Waals surface area contributed by atoms with E-state index in [0.29, 0.717) is 11.4 Å². The van der Waals surface area contributed by atoms with Crippen LogP contribution in [0.2, 0.25) is 0 Å². The monoisotopic (exact) mass is 447 g/mol. The molecule has 1 aromatic carbocycles. The number of rotatable bonds is 6. The van der Waals surface area contributed by atoms with Crippen molar-refractivity contribution < 1.29 is 18.0 Å². The lowest BCUT2D eigenvalue weighted by Gasteiger charge is -2.30. The molecule has 1 heterocycles. The molecular weight excluding hydrogens is 419 g/mol. The van der Waals surface area contributed by atoms with Crippen molar-refractivity contribution in [3.63, 3.8) is 0 Å². The molecule has 1 aromatic heterocycles. The van der Waals surface area contributed by atoms with Gasteiger partial charge >= 0.3 is 6.18 Å². The zero-order valence-corrected chi connectivity index (χ0v) is 18.4. The van der Waals surface area contributed by atoms with E-state index >= 15 is 0 Å². The van der Waals surface area contributed by atoms with Gasteiger partial charge in [0.15, 0.2) is 0 Å². The highest BCUT2D eigenvalue weighted by Gasteiger charge is 2.30. The Labute approximate surface area is 185 Å². The molecule has 0 aliphatic heterocycles. The van der Waals surface area contributed by atoms with E-state index in [1.165, 1.54) is 24.3 Å². The molecule has 0 spiro atoms. The molecule has 0 bridgehead atoms. The van der Waals surface area contributed by atoms with Gasteiger partial charge in [-0.25, -0.2) is 9.97 Å². The number of carbonyl (C=O) groups is 1. The maximum Gasteiger partial charge on any atom is 0.416 e. The lowest BCUT2D eigenvalue weighted by Crippen LogP contribution is -2.39. The number of carbonyl (C=O) groups excluding carboxylic acids is 1. The first kappa shape index (κ1) is 23.6. The van der Waals surface area contributed by atoms with Gasteiger partial charge < -0.3 is 15.5 Å². The van der Waals surface area contributed by atoms with Crippen LogP contribution in [0.4, 0.5) is 24.8 Å². The van der Waals surface area contributed by atoms with E-state index < -0.39 is 11.7 Å². The lowest BCUT2D eigenvalue weighted by atomic mass is 9.91. The molecule has 0 atom stereocenters. The summed E-state index contributed by atoms with van der Waals surface area (Å²) in [6.45, 7) is 1.86. The van der Waals surface area contributed by atoms with Gasteiger partial charge in [0.25, 0.3) is 0 Å². The third-order valence-electron chi connectivity index (χ3n) is 5.35. The largest absolute Gasteiger partial charge is 0.416 e. The van der Waals surface area contributed by atoms with Gasteiger partial charge in [-0.2, -0.15) is 13.2 Å². The fraction of sp³-hybridized carbons (Fsp3) is 0.435. The molecule has 6 nitrogen and oxygen atoms in total. The van der Waals surface area contributed by atoms with Gasteiger partial charge in [0.2, 0.25) is 5.91 Å². The molecule has 3 rings (SSSR count). The number of halogens is 3. The number of nitrogens with zero attached hydrogens (tertiary/aromatic N) is 3. The number of hydrogen-bond donors (Lipinski definition) is 2. The summed E-state index contributed by atoms with van der Waals surface area (Å²) in [6.07, 6.45) is 1.66. The minimum absolute atomic E-state index is 0.0381. The van der Waals surface area contributed by atoms with Gasteiger partial charge in [-0.3, -0.25) is 4.79 Å². The molecule has 1 aliphatic rings. The van der Waals surface area contributed by atoms with Crippen molar-refractivity contribution in [3.05, 3.63) is 53.4 Å². The van der Waals surface area contributed by atoms with Gasteiger partial charge in [-0.15, -0.1) is 0 Å². The Kier molecular flexibility index (Phi) is 7.37. The number of alkyl halides is 3. The molecule has 32 heavy (non-hydrogen) atoms. The summed E-state index contributed by atoms with van der Waals surface area (Å²) in [6, 6.07) is 7.11. The van der Waals surface area contributed by atoms with Gasteiger partial charge in [-0.05, 0) is 56.4 Å². The van der Waals surface area contributed by atoms with Crippen molar-refractivity contribution >= 4 is 23.6 Å². The number of aromatic nitrogens is 2. The molecule has 0 unspecified atom stereocenters. The molecule has 0 radical (unpaired) electrons. The van der Waals surface area contributed by atoms with E-state index in [1.54, 1.807) is 0 Å². The second-order valence-electron chi connectivity index (χ2n) is 8.21. The van der Waals surface area contributed by atoms with Crippen LogP contribution < -0.4 is 15.5 Å². The summed E-state index contributed by atoms with van der Waals surface area (Å²) in [7, 11) is 3.86. The van der Waals surface area contributed by atoms with Crippen molar-refractivity contribution in [2.24, 2.45) is 0 Å². The fourth-order valence-corrected chi connectivity index (χ4v) is 3.69. The normalized spacial score (nSPS) is 19.1. The molecule has 1 fully saturated rings. The standard InChI is InChI=1S/C23H28F3N5O/c1-15-27-20(14-21(28-15)31(2)3)29-18-8-10-19(11-9-18)30-22(32)12-7-16-5-4-6-17(13-16)23(24,25)26/h4-7,12-14,18-19H,8-11H2,1-3H3,(H,30,32)(H,27,28,29)/b12-7+. The molecule has 0 saturated heterocycles. The average molecular weight is 448 g/mol. The Hall–Kier alpha value is -3.10. The average Bonchev–Trinajstić information content (AvgIpc) is 2.73. The van der Waals surface area contributed by atoms with Crippen LogP contribution >= 0.6 is 0 Å². The summed E-state index contributed by atoms with van der Waals surface area (Å²) in [5, 5.41) is 6.40. The summed E-state index contributed by atoms with van der Waals surface area (Å²) < 4.78 is 38.4. The smallest absolute Gasteiger partial charge is 0.367 e. The van der Waals surface area contributed by atoms with Gasteiger partial charge in [-0.1, -0.05) is 12.1 Å². The summed E-state index contributed by atoms with van der Waals surface area (Å²) in [5.41, 5.74) is -0.400. The maximum atomic E-state index is 12.8. The van der Waals surface area contributed by atoms with E-state index in [4.69, 9.17) is 0 Å². The van der Waals surface area contributed by atoms with E-state index in [1.807, 2.05) is 32.0 Å². The summed E-state index contributed by atoms with van der Waals surface area (Å²) in [4.78, 5) is 23.0. The molecule has 1 amide bonds. The Bertz CT molecular complexity index is 966. The molecule has 1 aliphatic carbocycles. The molecule has 2 aromatic rings. The third kappa shape index (κ3) is 6.70. The number of benzene rings is 1. The lowest BCUT2D eigenvalue weighted by molar-refractivity contribution is -0.137. The van der Waals surface area contributed by atoms with Crippen molar-refractivity contribution in [3.8, 4) is 0 Å². The number of anilines is 2. The van der Waals surface area contributed by atoms with Crippen LogP contribution in [-0.2, 0) is 11.0 Å². The fourth-order valence-electron chi connectivity index (χ4n) is 3.69. The number of hydrogen-bond acceptors (Lipinski definition) is 5. The van der Waals surface area contributed by atoms with Crippen LogP contribution in [0.5, 0.6) is 0 Å². The predicted octanol–water partition coefficient (Wildman–Crippen LogP) is 4.42. The highest BCUT2D eigenvalue weighted by molar-refractivity contribution is 5.91. The van der Waals surface area contributed by atoms with Gasteiger partial charge in [0.1, 0.15) is 17.5 Å². The summed E-state index contributed by atoms with van der Waals surface area (Å²) in [5.74, 6) is 2.03. The first-order valence-electron chi connectivity index (χ1n) is 10.6. The van der Waals surface area contributed by atoms with Crippen LogP contribution in [-0.4, -0.2) is 42.1 Å². The van der Waals surface area contributed by atoms with Crippen molar-refractivity contribution in [1.29, 1.82) is 0 Å². The second kappa shape index (κ2) is 10.0. The summed E-state index contributed by atoms with van der Waals surface area (Å²) >= 11 is 0. The van der Waals surface area contributed by atoms with E-state index in [2.05, 4.69) is 20.6 Å². The van der Waals surface area contributed by atoms with Crippen LogP contribution in [0.1, 0.15) is 42.6 Å². The molecule has 172 valence electrons. The van der Waals surface area contributed by atoms with Crippen LogP contribution in [0.25, 0.3) is 6.08 Å². The number of nitrogens with one attached hydrogen (secondary N) is 2. The first-order valence-corrected chi connectivity index (χ1v) is 10.6. The van der Waals surface area contributed by atoms with Crippen molar-refractivity contribution in [2.75, 3.05) is 24.3 Å². The molecular formula is C23H28F3N5O. The Balaban J connectivity index is 1.49. The number of amides is 1. The maximum absolute atomic E-state index is 12.8. The highest BCUT2D eigenvalue weighted by atomic mass is 19.4. The second-order valence-corrected chi connectivity index (χ2v) is 8.21. The zero-order chi connectivity index (χ0) is 23.3. The van der Waals surface area contributed by atoms with E-state index in [9.17, 15) is 18.0 Å². The Morgan fingerprint density at radius 3 is 2.44 bits per heavy atom. The minimum atomic E-state index is -4.41. The predicted molar refractivity (Wildman–Crippen MR) is 119 cm³/mol. The van der Waals surface area contributed by atoms with E-state index in [-0.39, 0.29) is 18.0 Å². The van der Waals surface area contributed by atoms with Crippen LogP contribution in [0.15, 0.2) is 36.4 Å². The van der Waals surface area contributed by atoms with Gasteiger partial charge in [0.05, 0.1) is 5.56 Å². The minimum Gasteiger partial charge on any atom is -0.367 e. The Morgan fingerprint density at radius 1 is 1.09 bits per heavy atom. The highest BCUT2D eigenvalue weighted by Crippen LogP contribution is 2.29. The SMILES string of the molecule is Cc1nc(NC2CCC(NC(=O)/C=C/c3cccc(C(F)(F)F)c3)CC2)cc(N(C)C)n1. The molecule has 1 saturated carbocycles. The zero-order valence-electron chi connectivity index (χ0n) is 18.4. The first-order chi connectivity index (χ1) is 15.1. The van der Waals surface area contributed by atoms with Crippen LogP contribution in [0.3, 0.4) is 0 Å². The number of aryl methyl sites for hydroxylation is 1. The van der Waals surface area contributed by atoms with Gasteiger partial charge in [0, 0.05) is 38.3 Å². The van der Waals surface area contributed by atoms with Crippen LogP contribution in [0, 0.1) is 6.92 Å². The third-order valence-corrected chi connectivity index (χ3v) is 5.35. The van der Waals surface area contributed by atoms with Crippen molar-refractivity contribution in [2.45, 2.75) is 50.9 Å². The Morgan fingerprint density at radius 2 is 1.78 bits per heavy atom. The van der Waals surface area contributed by atoms with Crippen molar-refractivity contribution in [1.82, 2.24) is 15.3 Å².